The lowest BCUT2D eigenvalue weighted by molar-refractivity contribution is -0.138. The molecule has 2 aromatic carbocycles. The van der Waals surface area contributed by atoms with E-state index in [4.69, 9.17) is 0 Å². The number of sulfone groups is 1. The summed E-state index contributed by atoms with van der Waals surface area (Å²) >= 11 is 0. The maximum Gasteiger partial charge on any atom is 0.293 e. The number of nitrogens with zero attached hydrogens (tertiary/aromatic N) is 2. The molecule has 1 saturated heterocycles. The molecule has 1 fully saturated rings. The average Bonchev–Trinajstić information content (AvgIpc) is 3.21. The van der Waals surface area contributed by atoms with Crippen molar-refractivity contribution in [3.63, 3.8) is 0 Å². The molecule has 0 aromatic heterocycles. The van der Waals surface area contributed by atoms with Crippen LogP contribution in [0, 0.1) is 5.82 Å². The Bertz CT molecular complexity index is 1180. The Kier molecular flexibility index (Phi) is 8.86. The van der Waals surface area contributed by atoms with Crippen LogP contribution >= 0.6 is 0 Å². The van der Waals surface area contributed by atoms with E-state index in [9.17, 15) is 22.4 Å². The number of rotatable bonds is 5. The molecule has 8 nitrogen and oxygen atoms in total. The number of nitrogens with one attached hydrogen (secondary N) is 1. The highest BCUT2D eigenvalue weighted by Crippen LogP contribution is 2.34. The Morgan fingerprint density at radius 3 is 2.47 bits per heavy atom. The minimum absolute atomic E-state index is 0.0320. The zero-order chi connectivity index (χ0) is 26.5. The fraction of sp³-hybridized carbons (Fsp3) is 0.462. The predicted molar refractivity (Wildman–Crippen MR) is 135 cm³/mol. The van der Waals surface area contributed by atoms with Gasteiger partial charge in [0.1, 0.15) is 16.3 Å². The Labute approximate surface area is 212 Å². The maximum atomic E-state index is 14.7. The number of halogens is 1. The first kappa shape index (κ1) is 27.8. The minimum Gasteiger partial charge on any atom is -0.462 e. The van der Waals surface area contributed by atoms with Crippen LogP contribution in [0.2, 0.25) is 0 Å². The van der Waals surface area contributed by atoms with Crippen molar-refractivity contribution in [3.05, 3.63) is 53.8 Å². The average molecular weight is 520 g/mol. The lowest BCUT2D eigenvalue weighted by Crippen LogP contribution is -2.52. The Hall–Kier alpha value is -2.82. The molecule has 10 heteroatoms. The van der Waals surface area contributed by atoms with Gasteiger partial charge in [0.05, 0.1) is 11.4 Å². The molecule has 0 unspecified atom stereocenters. The molecule has 2 heterocycles. The lowest BCUT2D eigenvalue weighted by Gasteiger charge is -2.32. The first-order valence-electron chi connectivity index (χ1n) is 11.9. The zero-order valence-electron chi connectivity index (χ0n) is 21.2. The summed E-state index contributed by atoms with van der Waals surface area (Å²) in [5.41, 5.74) is 0.840. The Morgan fingerprint density at radius 2 is 1.89 bits per heavy atom. The maximum absolute atomic E-state index is 14.7. The number of anilines is 1. The molecule has 0 spiro atoms. The quantitative estimate of drug-likeness (QED) is 0.607. The molecule has 2 aliphatic rings. The molecular weight excluding hydrogens is 485 g/mol. The zero-order valence-corrected chi connectivity index (χ0v) is 22.0. The first-order valence-corrected chi connectivity index (χ1v) is 13.4. The summed E-state index contributed by atoms with van der Waals surface area (Å²) < 4.78 is 45.1. The molecule has 1 amide bonds. The van der Waals surface area contributed by atoms with Crippen LogP contribution in [0.5, 0.6) is 0 Å². The summed E-state index contributed by atoms with van der Waals surface area (Å²) in [7, 11) is -4.01. The number of carbonyl (C=O) groups excluding carboxylic acids is 2. The van der Waals surface area contributed by atoms with Gasteiger partial charge >= 0.3 is 0 Å². The van der Waals surface area contributed by atoms with Crippen LogP contribution in [0.3, 0.4) is 0 Å². The van der Waals surface area contributed by atoms with E-state index in [0.717, 1.165) is 19.6 Å². The summed E-state index contributed by atoms with van der Waals surface area (Å²) in [6, 6.07) is 10.7. The summed E-state index contributed by atoms with van der Waals surface area (Å²) in [6.45, 7) is 11.1. The number of fused-ring (bicyclic) bond motifs is 1. The molecule has 2 aliphatic heterocycles. The van der Waals surface area contributed by atoms with Gasteiger partial charge in [-0.15, -0.1) is 0 Å². The number of carbonyl (C=O) groups is 2. The van der Waals surface area contributed by atoms with Crippen molar-refractivity contribution in [2.75, 3.05) is 37.6 Å². The van der Waals surface area contributed by atoms with E-state index < -0.39 is 20.5 Å². The summed E-state index contributed by atoms with van der Waals surface area (Å²) in [5.74, 6) is -0.870. The number of benzene rings is 2. The highest BCUT2D eigenvalue weighted by atomic mass is 32.2. The van der Waals surface area contributed by atoms with Gasteiger partial charge in [0, 0.05) is 37.9 Å². The van der Waals surface area contributed by atoms with Crippen LogP contribution in [0.4, 0.5) is 10.1 Å². The molecule has 2 aromatic rings. The summed E-state index contributed by atoms with van der Waals surface area (Å²) in [6.07, 6.45) is 0.515. The second-order valence-electron chi connectivity index (χ2n) is 9.94. The van der Waals surface area contributed by atoms with Gasteiger partial charge in [-0.25, -0.2) is 12.8 Å². The normalized spacial score (nSPS) is 18.1. The van der Waals surface area contributed by atoms with Crippen LogP contribution < -0.4 is 10.2 Å². The molecule has 196 valence electrons. The molecule has 0 radical (unpaired) electrons. The summed E-state index contributed by atoms with van der Waals surface area (Å²) in [4.78, 5) is 25.8. The van der Waals surface area contributed by atoms with Crippen LogP contribution in [0.25, 0.3) is 0 Å². The van der Waals surface area contributed by atoms with E-state index in [-0.39, 0.29) is 22.9 Å². The van der Waals surface area contributed by atoms with E-state index in [1.165, 1.54) is 24.3 Å². The van der Waals surface area contributed by atoms with Crippen molar-refractivity contribution in [1.82, 2.24) is 10.2 Å². The number of amides is 1. The first-order chi connectivity index (χ1) is 16.9. The van der Waals surface area contributed by atoms with Gasteiger partial charge in [-0.2, -0.15) is 0 Å². The van der Waals surface area contributed by atoms with Crippen LogP contribution in [-0.2, 0) is 30.6 Å². The van der Waals surface area contributed by atoms with Gasteiger partial charge in [-0.05, 0) is 63.9 Å². The van der Waals surface area contributed by atoms with Crippen LogP contribution in [-0.4, -0.2) is 70.1 Å². The van der Waals surface area contributed by atoms with Crippen molar-refractivity contribution in [1.29, 1.82) is 0 Å². The molecule has 1 N–H and O–H groups in total. The Morgan fingerprint density at radius 1 is 1.19 bits per heavy atom. The predicted octanol–water partition coefficient (Wildman–Crippen LogP) is 2.80. The smallest absolute Gasteiger partial charge is 0.293 e. The van der Waals surface area contributed by atoms with Gasteiger partial charge in [-0.1, -0.05) is 18.2 Å². The van der Waals surface area contributed by atoms with E-state index in [1.807, 2.05) is 20.8 Å². The van der Waals surface area contributed by atoms with Crippen LogP contribution in [0.15, 0.2) is 52.3 Å². The minimum atomic E-state index is -4.01. The van der Waals surface area contributed by atoms with E-state index in [1.54, 1.807) is 23.1 Å². The van der Waals surface area contributed by atoms with Gasteiger partial charge in [0.25, 0.3) is 6.47 Å². The van der Waals surface area contributed by atoms with Gasteiger partial charge in [0.2, 0.25) is 15.7 Å². The van der Waals surface area contributed by atoms with E-state index in [2.05, 4.69) is 21.9 Å². The molecule has 0 saturated carbocycles. The van der Waals surface area contributed by atoms with Gasteiger partial charge in [-0.3, -0.25) is 14.5 Å². The van der Waals surface area contributed by atoms with Crippen molar-refractivity contribution in [3.8, 4) is 0 Å². The SMILES string of the molecule is CC(C)(C)OC=O.C[C@@H]1CN(CC(=O)N2CCc3cc(F)c(S(=O)(=O)c4ccccc4)cc32)CCN1. The summed E-state index contributed by atoms with van der Waals surface area (Å²) in [5, 5.41) is 3.34. The molecular formula is C26H34FN3O5S. The number of hydrogen-bond acceptors (Lipinski definition) is 7. The highest BCUT2D eigenvalue weighted by molar-refractivity contribution is 7.91. The van der Waals surface area contributed by atoms with Crippen molar-refractivity contribution in [2.24, 2.45) is 0 Å². The van der Waals surface area contributed by atoms with Gasteiger partial charge in [0.15, 0.2) is 0 Å². The standard InChI is InChI=1S/C21H24FN3O3S.C5H10O2/c1-15-13-24(10-8-23-15)14-21(26)25-9-7-16-11-18(22)20(12-19(16)25)29(27,28)17-5-3-2-4-6-17;1-5(2,3)7-4-6/h2-6,11-12,15,23H,7-10,13-14H2,1H3;4H,1-3H3/t15-;/m1./s1. The monoisotopic (exact) mass is 519 g/mol. The number of ether oxygens (including phenoxy) is 1. The molecule has 0 bridgehead atoms. The topological polar surface area (TPSA) is 96.0 Å². The second-order valence-corrected chi connectivity index (χ2v) is 11.9. The third-order valence-electron chi connectivity index (χ3n) is 5.89. The highest BCUT2D eigenvalue weighted by Gasteiger charge is 2.31. The van der Waals surface area contributed by atoms with Crippen molar-refractivity contribution < 1.29 is 27.1 Å². The van der Waals surface area contributed by atoms with E-state index in [0.29, 0.717) is 36.7 Å². The Balaban J connectivity index is 0.000000454. The van der Waals surface area contributed by atoms with Crippen molar-refractivity contribution in [2.45, 2.75) is 55.5 Å². The third-order valence-corrected chi connectivity index (χ3v) is 7.67. The fourth-order valence-electron chi connectivity index (χ4n) is 4.16. The third kappa shape index (κ3) is 6.89. The lowest BCUT2D eigenvalue weighted by atomic mass is 10.1. The molecule has 0 aliphatic carbocycles. The van der Waals surface area contributed by atoms with Gasteiger partial charge < -0.3 is 15.0 Å². The number of hydrogen-bond donors (Lipinski definition) is 1. The second kappa shape index (κ2) is 11.5. The molecule has 1 atom stereocenters. The largest absolute Gasteiger partial charge is 0.462 e. The van der Waals surface area contributed by atoms with E-state index >= 15 is 0 Å². The molecule has 36 heavy (non-hydrogen) atoms. The number of piperazine rings is 1. The fourth-order valence-corrected chi connectivity index (χ4v) is 5.51. The molecule has 4 rings (SSSR count). The van der Waals surface area contributed by atoms with Crippen LogP contribution in [0.1, 0.15) is 33.3 Å². The van der Waals surface area contributed by atoms with Crippen molar-refractivity contribution >= 4 is 27.9 Å².